The molecule has 1 fully saturated rings. The van der Waals surface area contributed by atoms with Gasteiger partial charge >= 0.3 is 0 Å². The number of piperidine rings is 1. The molecule has 1 amide bonds. The van der Waals surface area contributed by atoms with Crippen molar-refractivity contribution in [3.63, 3.8) is 0 Å². The van der Waals surface area contributed by atoms with Crippen LogP contribution in [0.2, 0.25) is 0 Å². The van der Waals surface area contributed by atoms with E-state index in [4.69, 9.17) is 9.47 Å². The Balaban J connectivity index is 1.63. The second-order valence-corrected chi connectivity index (χ2v) is 8.84. The minimum atomic E-state index is -3.76. The molecule has 0 aromatic heterocycles. The van der Waals surface area contributed by atoms with E-state index < -0.39 is 15.9 Å². The molecule has 2 aromatic carbocycles. The van der Waals surface area contributed by atoms with Crippen molar-refractivity contribution < 1.29 is 22.7 Å². The molecule has 1 N–H and O–H groups in total. The fourth-order valence-electron chi connectivity index (χ4n) is 3.61. The first kappa shape index (κ1) is 18.8. The summed E-state index contributed by atoms with van der Waals surface area (Å²) < 4.78 is 38.6. The highest BCUT2D eigenvalue weighted by atomic mass is 32.2. The van der Waals surface area contributed by atoms with E-state index in [2.05, 4.69) is 5.32 Å². The predicted molar refractivity (Wildman–Crippen MR) is 104 cm³/mol. The summed E-state index contributed by atoms with van der Waals surface area (Å²) in [5.41, 5.74) is 0.630. The van der Waals surface area contributed by atoms with Gasteiger partial charge in [-0.15, -0.1) is 0 Å². The molecule has 2 aromatic rings. The van der Waals surface area contributed by atoms with Gasteiger partial charge in [0.1, 0.15) is 0 Å². The largest absolute Gasteiger partial charge is 0.454 e. The molecule has 0 unspecified atom stereocenters. The summed E-state index contributed by atoms with van der Waals surface area (Å²) in [5, 5.41) is 2.76. The topological polar surface area (TPSA) is 84.9 Å². The number of carbonyl (C=O) groups excluding carboxylic acids is 1. The fraction of sp³-hybridized carbons (Fsp3) is 0.350. The zero-order valence-electron chi connectivity index (χ0n) is 15.6. The van der Waals surface area contributed by atoms with Crippen molar-refractivity contribution in [2.24, 2.45) is 0 Å². The van der Waals surface area contributed by atoms with E-state index in [0.717, 1.165) is 19.3 Å². The van der Waals surface area contributed by atoms with Gasteiger partial charge in [-0.05, 0) is 44.0 Å². The summed E-state index contributed by atoms with van der Waals surface area (Å²) >= 11 is 0. The normalized spacial score (nSPS) is 19.4. The quantitative estimate of drug-likeness (QED) is 0.849. The number of rotatable bonds is 4. The summed E-state index contributed by atoms with van der Waals surface area (Å²) in [4.78, 5) is 12.9. The van der Waals surface area contributed by atoms with Gasteiger partial charge in [0.25, 0.3) is 5.91 Å². The zero-order valence-corrected chi connectivity index (χ0v) is 16.4. The van der Waals surface area contributed by atoms with Gasteiger partial charge < -0.3 is 14.8 Å². The Morgan fingerprint density at radius 1 is 1.11 bits per heavy atom. The second kappa shape index (κ2) is 7.44. The van der Waals surface area contributed by atoms with Crippen LogP contribution in [-0.2, 0) is 10.0 Å². The molecule has 0 saturated carbocycles. The molecule has 0 bridgehead atoms. The van der Waals surface area contributed by atoms with Crippen LogP contribution in [0.5, 0.6) is 11.5 Å². The highest BCUT2D eigenvalue weighted by Crippen LogP contribution is 2.34. The maximum atomic E-state index is 13.2. The Bertz CT molecular complexity index is 1010. The molecule has 2 aliphatic rings. The molecule has 1 saturated heterocycles. The van der Waals surface area contributed by atoms with Crippen LogP contribution in [0.15, 0.2) is 47.4 Å². The Kier molecular flexibility index (Phi) is 4.99. The minimum absolute atomic E-state index is 0.0296. The molecular weight excluding hydrogens is 380 g/mol. The maximum absolute atomic E-state index is 13.2. The second-order valence-electron chi connectivity index (χ2n) is 6.98. The number of carbonyl (C=O) groups is 1. The maximum Gasteiger partial charge on any atom is 0.257 e. The van der Waals surface area contributed by atoms with Gasteiger partial charge in [-0.3, -0.25) is 4.79 Å². The van der Waals surface area contributed by atoms with Gasteiger partial charge in [-0.25, -0.2) is 8.42 Å². The van der Waals surface area contributed by atoms with Crippen molar-refractivity contribution >= 4 is 21.6 Å². The number of ether oxygens (including phenoxy) is 2. The lowest BCUT2D eigenvalue weighted by Crippen LogP contribution is -2.42. The van der Waals surface area contributed by atoms with Crippen molar-refractivity contribution in [2.75, 3.05) is 18.7 Å². The first-order valence-corrected chi connectivity index (χ1v) is 10.7. The molecular formula is C20H22N2O5S. The standard InChI is InChI=1S/C20H22N2O5S/c1-14-6-4-5-11-22(14)28(24,25)19-8-3-2-7-16(19)20(23)21-15-9-10-17-18(12-15)27-13-26-17/h2-3,7-10,12,14H,4-6,11,13H2,1H3,(H,21,23)/t14-/m0/s1. The molecule has 0 spiro atoms. The first-order chi connectivity index (χ1) is 13.5. The van der Waals surface area contributed by atoms with Crippen molar-refractivity contribution in [3.05, 3.63) is 48.0 Å². The highest BCUT2D eigenvalue weighted by Gasteiger charge is 2.33. The Morgan fingerprint density at radius 2 is 1.89 bits per heavy atom. The molecule has 8 heteroatoms. The smallest absolute Gasteiger partial charge is 0.257 e. The summed E-state index contributed by atoms with van der Waals surface area (Å²) in [6.45, 7) is 2.52. The van der Waals surface area contributed by atoms with Gasteiger partial charge in [-0.2, -0.15) is 4.31 Å². The summed E-state index contributed by atoms with van der Waals surface area (Å²) in [6.07, 6.45) is 2.67. The van der Waals surface area contributed by atoms with E-state index in [1.807, 2.05) is 6.92 Å². The Hall–Kier alpha value is -2.58. The van der Waals surface area contributed by atoms with Crippen LogP contribution >= 0.6 is 0 Å². The number of nitrogens with one attached hydrogen (secondary N) is 1. The number of sulfonamides is 1. The lowest BCUT2D eigenvalue weighted by Gasteiger charge is -2.32. The van der Waals surface area contributed by atoms with Crippen LogP contribution in [0.4, 0.5) is 5.69 Å². The predicted octanol–water partition coefficient (Wildman–Crippen LogP) is 3.23. The van der Waals surface area contributed by atoms with E-state index in [9.17, 15) is 13.2 Å². The fourth-order valence-corrected chi connectivity index (χ4v) is 5.50. The van der Waals surface area contributed by atoms with Crippen LogP contribution in [-0.4, -0.2) is 38.0 Å². The van der Waals surface area contributed by atoms with E-state index in [1.54, 1.807) is 30.3 Å². The Labute approximate surface area is 164 Å². The number of anilines is 1. The number of fused-ring (bicyclic) bond motifs is 1. The molecule has 0 aliphatic carbocycles. The molecule has 148 valence electrons. The molecule has 7 nitrogen and oxygen atoms in total. The molecule has 2 aliphatic heterocycles. The minimum Gasteiger partial charge on any atom is -0.454 e. The summed E-state index contributed by atoms with van der Waals surface area (Å²) in [6, 6.07) is 11.3. The van der Waals surface area contributed by atoms with E-state index in [0.29, 0.717) is 23.7 Å². The Morgan fingerprint density at radius 3 is 2.71 bits per heavy atom. The van der Waals surface area contributed by atoms with Crippen LogP contribution < -0.4 is 14.8 Å². The number of hydrogen-bond acceptors (Lipinski definition) is 5. The zero-order chi connectivity index (χ0) is 19.7. The molecule has 2 heterocycles. The third-order valence-corrected chi connectivity index (χ3v) is 7.16. The SMILES string of the molecule is C[C@H]1CCCCN1S(=O)(=O)c1ccccc1C(=O)Nc1ccc2c(c1)OCO2. The van der Waals surface area contributed by atoms with E-state index in [1.165, 1.54) is 16.4 Å². The third kappa shape index (κ3) is 3.45. The van der Waals surface area contributed by atoms with Gasteiger partial charge in [0.2, 0.25) is 16.8 Å². The number of hydrogen-bond donors (Lipinski definition) is 1. The average molecular weight is 402 g/mol. The number of amides is 1. The monoisotopic (exact) mass is 402 g/mol. The molecule has 1 atom stereocenters. The van der Waals surface area contributed by atoms with Crippen LogP contribution in [0, 0.1) is 0 Å². The number of benzene rings is 2. The summed E-state index contributed by atoms with van der Waals surface area (Å²) in [7, 11) is -3.76. The van der Waals surface area contributed by atoms with Gasteiger partial charge in [-0.1, -0.05) is 18.6 Å². The first-order valence-electron chi connectivity index (χ1n) is 9.29. The average Bonchev–Trinajstić information content (AvgIpc) is 3.16. The number of nitrogens with zero attached hydrogens (tertiary/aromatic N) is 1. The van der Waals surface area contributed by atoms with Gasteiger partial charge in [0.15, 0.2) is 11.5 Å². The van der Waals surface area contributed by atoms with Crippen LogP contribution in [0.3, 0.4) is 0 Å². The lowest BCUT2D eigenvalue weighted by atomic mass is 10.1. The van der Waals surface area contributed by atoms with Crippen molar-refractivity contribution in [2.45, 2.75) is 37.1 Å². The van der Waals surface area contributed by atoms with Gasteiger partial charge in [0.05, 0.1) is 10.5 Å². The van der Waals surface area contributed by atoms with Crippen LogP contribution in [0.25, 0.3) is 0 Å². The third-order valence-electron chi connectivity index (χ3n) is 5.09. The summed E-state index contributed by atoms with van der Waals surface area (Å²) in [5.74, 6) is 0.670. The van der Waals surface area contributed by atoms with Crippen molar-refractivity contribution in [3.8, 4) is 11.5 Å². The van der Waals surface area contributed by atoms with E-state index >= 15 is 0 Å². The van der Waals surface area contributed by atoms with Crippen molar-refractivity contribution in [1.29, 1.82) is 0 Å². The van der Waals surface area contributed by atoms with E-state index in [-0.39, 0.29) is 23.3 Å². The lowest BCUT2D eigenvalue weighted by molar-refractivity contribution is 0.102. The van der Waals surface area contributed by atoms with Crippen molar-refractivity contribution in [1.82, 2.24) is 4.31 Å². The molecule has 0 radical (unpaired) electrons. The highest BCUT2D eigenvalue weighted by molar-refractivity contribution is 7.89. The van der Waals surface area contributed by atoms with Gasteiger partial charge in [0, 0.05) is 24.3 Å². The van der Waals surface area contributed by atoms with Crippen LogP contribution in [0.1, 0.15) is 36.5 Å². The molecule has 4 rings (SSSR count). The molecule has 28 heavy (non-hydrogen) atoms.